The summed E-state index contributed by atoms with van der Waals surface area (Å²) in [7, 11) is 0. The maximum atomic E-state index is 13.4. The molecular weight excluding hydrogens is 177 g/mol. The van der Waals surface area contributed by atoms with Crippen molar-refractivity contribution < 1.29 is 4.39 Å². The van der Waals surface area contributed by atoms with E-state index in [1.165, 1.54) is 12.5 Å². The molecule has 2 rings (SSSR count). The van der Waals surface area contributed by atoms with Gasteiger partial charge in [-0.1, -0.05) is 18.2 Å². The zero-order valence-electron chi connectivity index (χ0n) is 8.52. The van der Waals surface area contributed by atoms with Crippen molar-refractivity contribution in [1.82, 2.24) is 5.32 Å². The zero-order valence-corrected chi connectivity index (χ0v) is 8.52. The van der Waals surface area contributed by atoms with Gasteiger partial charge in [0.15, 0.2) is 0 Å². The first-order chi connectivity index (χ1) is 6.70. The predicted molar refractivity (Wildman–Crippen MR) is 55.7 cm³/mol. The zero-order chi connectivity index (χ0) is 10.0. The summed E-state index contributed by atoms with van der Waals surface area (Å²) in [6.45, 7) is 3.23. The lowest BCUT2D eigenvalue weighted by Crippen LogP contribution is -2.38. The Morgan fingerprint density at radius 3 is 2.86 bits per heavy atom. The topological polar surface area (TPSA) is 12.0 Å². The van der Waals surface area contributed by atoms with Crippen LogP contribution in [0.4, 0.5) is 4.39 Å². The van der Waals surface area contributed by atoms with E-state index in [4.69, 9.17) is 0 Å². The van der Waals surface area contributed by atoms with E-state index in [-0.39, 0.29) is 11.4 Å². The number of rotatable bonds is 2. The number of nitrogens with one attached hydrogen (secondary N) is 1. The maximum absolute atomic E-state index is 13.4. The second kappa shape index (κ2) is 3.70. The maximum Gasteiger partial charge on any atom is 0.126 e. The molecule has 76 valence electrons. The van der Waals surface area contributed by atoms with Gasteiger partial charge in [0.2, 0.25) is 0 Å². The van der Waals surface area contributed by atoms with Gasteiger partial charge >= 0.3 is 0 Å². The Labute approximate surface area is 84.3 Å². The third-order valence-corrected chi connectivity index (χ3v) is 3.00. The molecule has 1 aliphatic heterocycles. The van der Waals surface area contributed by atoms with Crippen LogP contribution in [0.25, 0.3) is 0 Å². The van der Waals surface area contributed by atoms with Crippen molar-refractivity contribution in [3.05, 3.63) is 35.6 Å². The fourth-order valence-corrected chi connectivity index (χ4v) is 2.17. The van der Waals surface area contributed by atoms with Gasteiger partial charge in [-0.3, -0.25) is 0 Å². The van der Waals surface area contributed by atoms with Gasteiger partial charge in [-0.05, 0) is 44.4 Å². The van der Waals surface area contributed by atoms with E-state index in [9.17, 15) is 4.39 Å². The molecule has 0 bridgehead atoms. The number of halogens is 1. The molecular formula is C12H16FN. The first kappa shape index (κ1) is 9.66. The van der Waals surface area contributed by atoms with Crippen LogP contribution in [0.3, 0.4) is 0 Å². The largest absolute Gasteiger partial charge is 0.311 e. The third kappa shape index (κ3) is 1.95. The molecule has 0 unspecified atom stereocenters. The third-order valence-electron chi connectivity index (χ3n) is 3.00. The molecule has 1 N–H and O–H groups in total. The van der Waals surface area contributed by atoms with E-state index >= 15 is 0 Å². The summed E-state index contributed by atoms with van der Waals surface area (Å²) >= 11 is 0. The van der Waals surface area contributed by atoms with Crippen LogP contribution in [0.2, 0.25) is 0 Å². The minimum Gasteiger partial charge on any atom is -0.311 e. The molecule has 0 spiro atoms. The van der Waals surface area contributed by atoms with Crippen LogP contribution in [0, 0.1) is 5.82 Å². The minimum atomic E-state index is -0.0811. The monoisotopic (exact) mass is 193 g/mol. The van der Waals surface area contributed by atoms with E-state index in [1.807, 2.05) is 12.1 Å². The van der Waals surface area contributed by atoms with E-state index in [0.29, 0.717) is 0 Å². The molecule has 1 aromatic rings. The lowest BCUT2D eigenvalue weighted by Gasteiger charge is -2.24. The smallest absolute Gasteiger partial charge is 0.126 e. The summed E-state index contributed by atoms with van der Waals surface area (Å²) in [5.74, 6) is -0.0811. The first-order valence-electron chi connectivity index (χ1n) is 5.18. The molecule has 1 saturated heterocycles. The minimum absolute atomic E-state index is 0.0811. The predicted octanol–water partition coefficient (Wildman–Crippen LogP) is 2.51. The van der Waals surface area contributed by atoms with E-state index in [2.05, 4.69) is 12.2 Å². The molecule has 1 nitrogen and oxygen atoms in total. The number of hydrogen-bond acceptors (Lipinski definition) is 1. The summed E-state index contributed by atoms with van der Waals surface area (Å²) in [4.78, 5) is 0. The molecule has 2 heteroatoms. The normalized spacial score (nSPS) is 26.7. The van der Waals surface area contributed by atoms with Crippen molar-refractivity contribution in [3.8, 4) is 0 Å². The van der Waals surface area contributed by atoms with Crippen molar-refractivity contribution in [3.63, 3.8) is 0 Å². The summed E-state index contributed by atoms with van der Waals surface area (Å²) in [5, 5.41) is 3.44. The van der Waals surface area contributed by atoms with Gasteiger partial charge in [-0.2, -0.15) is 0 Å². The number of benzene rings is 1. The fraction of sp³-hybridized carbons (Fsp3) is 0.500. The van der Waals surface area contributed by atoms with Crippen LogP contribution in [-0.2, 0) is 6.42 Å². The Morgan fingerprint density at radius 2 is 2.21 bits per heavy atom. The molecule has 1 fully saturated rings. The van der Waals surface area contributed by atoms with Gasteiger partial charge in [-0.25, -0.2) is 4.39 Å². The lowest BCUT2D eigenvalue weighted by molar-refractivity contribution is 0.405. The molecule has 0 amide bonds. The molecule has 0 saturated carbocycles. The van der Waals surface area contributed by atoms with Gasteiger partial charge in [0.05, 0.1) is 0 Å². The molecule has 0 radical (unpaired) electrons. The summed E-state index contributed by atoms with van der Waals surface area (Å²) < 4.78 is 13.4. The standard InChI is InChI=1S/C12H16FN/c1-12(7-4-8-14-12)9-10-5-2-3-6-11(10)13/h2-3,5-6,14H,4,7-9H2,1H3/t12-/m0/s1. The Balaban J connectivity index is 2.14. The lowest BCUT2D eigenvalue weighted by atomic mass is 9.91. The van der Waals surface area contributed by atoms with Crippen molar-refractivity contribution in [1.29, 1.82) is 0 Å². The van der Waals surface area contributed by atoms with E-state index in [0.717, 1.165) is 24.9 Å². The molecule has 1 aromatic carbocycles. The van der Waals surface area contributed by atoms with Crippen molar-refractivity contribution in [2.45, 2.75) is 31.7 Å². The quantitative estimate of drug-likeness (QED) is 0.761. The SMILES string of the molecule is C[C@@]1(Cc2ccccc2F)CCCN1. The Bertz CT molecular complexity index is 316. The highest BCUT2D eigenvalue weighted by Crippen LogP contribution is 2.24. The van der Waals surface area contributed by atoms with Crippen LogP contribution in [0.5, 0.6) is 0 Å². The molecule has 1 atom stereocenters. The van der Waals surface area contributed by atoms with Gasteiger partial charge in [0, 0.05) is 5.54 Å². The van der Waals surface area contributed by atoms with Crippen LogP contribution in [0.1, 0.15) is 25.3 Å². The van der Waals surface area contributed by atoms with Crippen molar-refractivity contribution >= 4 is 0 Å². The van der Waals surface area contributed by atoms with Gasteiger partial charge in [-0.15, -0.1) is 0 Å². The Morgan fingerprint density at radius 1 is 1.43 bits per heavy atom. The summed E-state index contributed by atoms with van der Waals surface area (Å²) in [6.07, 6.45) is 3.13. The highest BCUT2D eigenvalue weighted by atomic mass is 19.1. The first-order valence-corrected chi connectivity index (χ1v) is 5.18. The van der Waals surface area contributed by atoms with Crippen LogP contribution >= 0.6 is 0 Å². The van der Waals surface area contributed by atoms with Crippen LogP contribution in [0.15, 0.2) is 24.3 Å². The van der Waals surface area contributed by atoms with Crippen LogP contribution < -0.4 is 5.32 Å². The second-order valence-electron chi connectivity index (χ2n) is 4.36. The van der Waals surface area contributed by atoms with Crippen molar-refractivity contribution in [2.24, 2.45) is 0 Å². The Kier molecular flexibility index (Phi) is 2.55. The molecule has 1 aliphatic rings. The summed E-state index contributed by atoms with van der Waals surface area (Å²) in [5.41, 5.74) is 0.923. The number of hydrogen-bond donors (Lipinski definition) is 1. The van der Waals surface area contributed by atoms with E-state index in [1.54, 1.807) is 6.07 Å². The Hall–Kier alpha value is -0.890. The van der Waals surface area contributed by atoms with E-state index < -0.39 is 0 Å². The molecule has 0 aromatic heterocycles. The van der Waals surface area contributed by atoms with Gasteiger partial charge < -0.3 is 5.32 Å². The molecule has 1 heterocycles. The molecule has 14 heavy (non-hydrogen) atoms. The highest BCUT2D eigenvalue weighted by molar-refractivity contribution is 5.20. The van der Waals surface area contributed by atoms with Gasteiger partial charge in [0.25, 0.3) is 0 Å². The van der Waals surface area contributed by atoms with Crippen LogP contribution in [-0.4, -0.2) is 12.1 Å². The average Bonchev–Trinajstić information content (AvgIpc) is 2.57. The second-order valence-corrected chi connectivity index (χ2v) is 4.36. The molecule has 0 aliphatic carbocycles. The van der Waals surface area contributed by atoms with Gasteiger partial charge in [0.1, 0.15) is 5.82 Å². The fourth-order valence-electron chi connectivity index (χ4n) is 2.17. The van der Waals surface area contributed by atoms with Crippen molar-refractivity contribution in [2.75, 3.05) is 6.54 Å². The highest BCUT2D eigenvalue weighted by Gasteiger charge is 2.28. The average molecular weight is 193 g/mol. The summed E-state index contributed by atoms with van der Waals surface area (Å²) in [6, 6.07) is 7.05.